The molecule has 0 spiro atoms. The Morgan fingerprint density at radius 2 is 1.55 bits per heavy atom. The van der Waals surface area contributed by atoms with Crippen molar-refractivity contribution in [2.75, 3.05) is 6.61 Å². The largest absolute Gasteiger partial charge is 0.378 e. The highest BCUT2D eigenvalue weighted by molar-refractivity contribution is 4.90. The number of ether oxygens (including phenoxy) is 1. The molecule has 0 aromatic rings. The van der Waals surface area contributed by atoms with E-state index in [1.807, 2.05) is 6.08 Å². The standard InChI is InChI=1S/C19H32O/c1-3-5-15-20-19-13-11-18(12-14-19)17-9-7-16(6-4-2)8-10-17/h3-4,6,16-19H,1,5,7-15H2,2H3/t16-,17-,18-,19-. The topological polar surface area (TPSA) is 9.23 Å². The Balaban J connectivity index is 1.65. The third-order valence-corrected chi connectivity index (χ3v) is 5.34. The van der Waals surface area contributed by atoms with E-state index < -0.39 is 0 Å². The minimum atomic E-state index is 0.533. The molecule has 0 aromatic carbocycles. The van der Waals surface area contributed by atoms with E-state index in [9.17, 15) is 0 Å². The first-order valence-corrected chi connectivity index (χ1v) is 8.68. The maximum atomic E-state index is 5.93. The predicted octanol–water partition coefficient (Wildman–Crippen LogP) is 5.52. The molecule has 2 aliphatic carbocycles. The Morgan fingerprint density at radius 1 is 0.950 bits per heavy atom. The van der Waals surface area contributed by atoms with Gasteiger partial charge in [-0.25, -0.2) is 0 Å². The molecule has 2 aliphatic rings. The molecule has 0 heterocycles. The van der Waals surface area contributed by atoms with Crippen molar-refractivity contribution in [3.05, 3.63) is 24.8 Å². The molecule has 0 radical (unpaired) electrons. The molecule has 2 saturated carbocycles. The lowest BCUT2D eigenvalue weighted by Crippen LogP contribution is -2.28. The summed E-state index contributed by atoms with van der Waals surface area (Å²) in [5.74, 6) is 2.86. The minimum Gasteiger partial charge on any atom is -0.378 e. The molecule has 2 fully saturated rings. The summed E-state index contributed by atoms with van der Waals surface area (Å²) < 4.78 is 5.93. The van der Waals surface area contributed by atoms with E-state index in [-0.39, 0.29) is 0 Å². The zero-order valence-electron chi connectivity index (χ0n) is 13.2. The van der Waals surface area contributed by atoms with Gasteiger partial charge in [-0.05, 0) is 82.5 Å². The highest BCUT2D eigenvalue weighted by atomic mass is 16.5. The van der Waals surface area contributed by atoms with Crippen LogP contribution in [0.25, 0.3) is 0 Å². The first-order chi connectivity index (χ1) is 9.83. The van der Waals surface area contributed by atoms with E-state index >= 15 is 0 Å². The zero-order chi connectivity index (χ0) is 14.2. The SMILES string of the molecule is C=CCCO[C@H]1CC[C@H]([C@H]2CC[C@H](C=CC)CC2)CC1. The molecule has 114 valence electrons. The molecule has 0 unspecified atom stereocenters. The second kappa shape index (κ2) is 8.67. The Bertz CT molecular complexity index is 291. The summed E-state index contributed by atoms with van der Waals surface area (Å²) >= 11 is 0. The molecule has 1 heteroatoms. The Labute approximate surface area is 125 Å². The van der Waals surface area contributed by atoms with Crippen molar-refractivity contribution in [2.45, 2.75) is 70.8 Å². The molecule has 0 saturated heterocycles. The molecule has 1 nitrogen and oxygen atoms in total. The summed E-state index contributed by atoms with van der Waals surface area (Å²) in [5, 5.41) is 0. The lowest BCUT2D eigenvalue weighted by atomic mass is 9.70. The number of hydrogen-bond acceptors (Lipinski definition) is 1. The van der Waals surface area contributed by atoms with Crippen molar-refractivity contribution in [1.29, 1.82) is 0 Å². The normalized spacial score (nSPS) is 35.2. The van der Waals surface area contributed by atoms with Gasteiger partial charge in [0, 0.05) is 0 Å². The van der Waals surface area contributed by atoms with E-state index in [0.717, 1.165) is 30.8 Å². The zero-order valence-corrected chi connectivity index (χ0v) is 13.2. The van der Waals surface area contributed by atoms with Gasteiger partial charge in [-0.3, -0.25) is 0 Å². The predicted molar refractivity (Wildman–Crippen MR) is 86.8 cm³/mol. The molecule has 0 N–H and O–H groups in total. The molecule has 0 aliphatic heterocycles. The molecular weight excluding hydrogens is 244 g/mol. The van der Waals surface area contributed by atoms with Crippen LogP contribution >= 0.6 is 0 Å². The Morgan fingerprint density at radius 3 is 2.10 bits per heavy atom. The third-order valence-electron chi connectivity index (χ3n) is 5.34. The van der Waals surface area contributed by atoms with Crippen LogP contribution in [0.2, 0.25) is 0 Å². The van der Waals surface area contributed by atoms with Crippen LogP contribution in [0.1, 0.15) is 64.7 Å². The highest BCUT2D eigenvalue weighted by Gasteiger charge is 2.30. The fourth-order valence-electron chi connectivity index (χ4n) is 4.13. The monoisotopic (exact) mass is 276 g/mol. The van der Waals surface area contributed by atoms with Crippen LogP contribution in [0.3, 0.4) is 0 Å². The summed E-state index contributed by atoms with van der Waals surface area (Å²) in [4.78, 5) is 0. The van der Waals surface area contributed by atoms with Crippen molar-refractivity contribution in [1.82, 2.24) is 0 Å². The average molecular weight is 276 g/mol. The quantitative estimate of drug-likeness (QED) is 0.458. The molecule has 0 amide bonds. The summed E-state index contributed by atoms with van der Waals surface area (Å²) in [6.07, 6.45) is 19.3. The first-order valence-electron chi connectivity index (χ1n) is 8.68. The highest BCUT2D eigenvalue weighted by Crippen LogP contribution is 2.40. The van der Waals surface area contributed by atoms with E-state index in [1.165, 1.54) is 51.4 Å². The van der Waals surface area contributed by atoms with Gasteiger partial charge in [0.2, 0.25) is 0 Å². The van der Waals surface area contributed by atoms with Crippen molar-refractivity contribution in [3.8, 4) is 0 Å². The molecule has 0 aromatic heterocycles. The van der Waals surface area contributed by atoms with Crippen LogP contribution in [0.4, 0.5) is 0 Å². The molecular formula is C19H32O. The van der Waals surface area contributed by atoms with Crippen LogP contribution in [0.5, 0.6) is 0 Å². The lowest BCUT2D eigenvalue weighted by Gasteiger charge is -2.37. The van der Waals surface area contributed by atoms with E-state index in [0.29, 0.717) is 6.10 Å². The third kappa shape index (κ3) is 4.77. The molecule has 2 rings (SSSR count). The summed E-state index contributed by atoms with van der Waals surface area (Å²) in [6, 6.07) is 0. The number of allylic oxidation sites excluding steroid dienone is 2. The lowest BCUT2D eigenvalue weighted by molar-refractivity contribution is 0.00985. The first kappa shape index (κ1) is 15.8. The average Bonchev–Trinajstić information content (AvgIpc) is 2.49. The fourth-order valence-corrected chi connectivity index (χ4v) is 4.13. The minimum absolute atomic E-state index is 0.533. The van der Waals surface area contributed by atoms with Crippen LogP contribution in [0.15, 0.2) is 24.8 Å². The van der Waals surface area contributed by atoms with Gasteiger partial charge < -0.3 is 4.74 Å². The van der Waals surface area contributed by atoms with Gasteiger partial charge in [-0.15, -0.1) is 6.58 Å². The van der Waals surface area contributed by atoms with E-state index in [2.05, 4.69) is 25.7 Å². The fraction of sp³-hybridized carbons (Fsp3) is 0.789. The molecule has 20 heavy (non-hydrogen) atoms. The van der Waals surface area contributed by atoms with Crippen molar-refractivity contribution >= 4 is 0 Å². The maximum Gasteiger partial charge on any atom is 0.0575 e. The van der Waals surface area contributed by atoms with Crippen LogP contribution < -0.4 is 0 Å². The Kier molecular flexibility index (Phi) is 6.86. The van der Waals surface area contributed by atoms with Crippen LogP contribution in [-0.2, 0) is 4.74 Å². The number of rotatable bonds is 6. The van der Waals surface area contributed by atoms with E-state index in [1.54, 1.807) is 0 Å². The van der Waals surface area contributed by atoms with Gasteiger partial charge in [0.1, 0.15) is 0 Å². The second-order valence-electron chi connectivity index (χ2n) is 6.69. The summed E-state index contributed by atoms with van der Waals surface area (Å²) in [7, 11) is 0. The molecule has 0 bridgehead atoms. The van der Waals surface area contributed by atoms with E-state index in [4.69, 9.17) is 4.74 Å². The van der Waals surface area contributed by atoms with Crippen LogP contribution in [0, 0.1) is 17.8 Å². The summed E-state index contributed by atoms with van der Waals surface area (Å²) in [6.45, 7) is 6.77. The van der Waals surface area contributed by atoms with Crippen molar-refractivity contribution in [3.63, 3.8) is 0 Å². The second-order valence-corrected chi connectivity index (χ2v) is 6.69. The van der Waals surface area contributed by atoms with Crippen LogP contribution in [-0.4, -0.2) is 12.7 Å². The van der Waals surface area contributed by atoms with Gasteiger partial charge in [-0.1, -0.05) is 18.2 Å². The van der Waals surface area contributed by atoms with Gasteiger partial charge in [-0.2, -0.15) is 0 Å². The summed E-state index contributed by atoms with van der Waals surface area (Å²) in [5.41, 5.74) is 0. The maximum absolute atomic E-state index is 5.93. The number of hydrogen-bond donors (Lipinski definition) is 0. The Hall–Kier alpha value is -0.560. The van der Waals surface area contributed by atoms with Gasteiger partial charge in [0.05, 0.1) is 12.7 Å². The molecule has 0 atom stereocenters. The van der Waals surface area contributed by atoms with Crippen molar-refractivity contribution in [2.24, 2.45) is 17.8 Å². The van der Waals surface area contributed by atoms with Crippen molar-refractivity contribution < 1.29 is 4.74 Å². The van der Waals surface area contributed by atoms with Gasteiger partial charge in [0.15, 0.2) is 0 Å². The smallest absolute Gasteiger partial charge is 0.0575 e. The van der Waals surface area contributed by atoms with Gasteiger partial charge >= 0.3 is 0 Å². The van der Waals surface area contributed by atoms with Gasteiger partial charge in [0.25, 0.3) is 0 Å².